The lowest BCUT2D eigenvalue weighted by atomic mass is 10.1. The summed E-state index contributed by atoms with van der Waals surface area (Å²) in [6.07, 6.45) is -2.61. The fourth-order valence-electron chi connectivity index (χ4n) is 1.13. The number of alkyl halides is 2. The Labute approximate surface area is 94.0 Å². The van der Waals surface area contributed by atoms with E-state index in [2.05, 4.69) is 20.9 Å². The molecule has 15 heavy (non-hydrogen) atoms. The number of hydrogen-bond donors (Lipinski definition) is 1. The molecule has 0 atom stereocenters. The highest BCUT2D eigenvalue weighted by Gasteiger charge is 2.16. The first kappa shape index (κ1) is 12.0. The van der Waals surface area contributed by atoms with Crippen LogP contribution in [-0.2, 0) is 13.0 Å². The van der Waals surface area contributed by atoms with Crippen molar-refractivity contribution in [3.05, 3.63) is 27.5 Å². The van der Waals surface area contributed by atoms with Gasteiger partial charge in [0, 0.05) is 16.6 Å². The molecule has 0 aliphatic heterocycles. The third-order valence-corrected chi connectivity index (χ3v) is 2.71. The molecule has 0 bridgehead atoms. The molecule has 0 fully saturated rings. The minimum Gasteiger partial charge on any atom is -0.325 e. The molecular formula is C9H8BrF2N3. The van der Waals surface area contributed by atoms with Crippen molar-refractivity contribution in [2.24, 2.45) is 5.73 Å². The Morgan fingerprint density at radius 2 is 2.27 bits per heavy atom. The van der Waals surface area contributed by atoms with Gasteiger partial charge in [-0.2, -0.15) is 5.26 Å². The fraction of sp³-hybridized carbons (Fsp3) is 0.333. The molecule has 0 unspecified atom stereocenters. The van der Waals surface area contributed by atoms with E-state index in [4.69, 9.17) is 11.0 Å². The third-order valence-electron chi connectivity index (χ3n) is 1.80. The van der Waals surface area contributed by atoms with Crippen LogP contribution in [0.1, 0.15) is 23.4 Å². The summed E-state index contributed by atoms with van der Waals surface area (Å²) in [5.74, 6) is 0. The van der Waals surface area contributed by atoms with E-state index in [9.17, 15) is 8.78 Å². The highest BCUT2D eigenvalue weighted by Crippen LogP contribution is 2.29. The van der Waals surface area contributed by atoms with Gasteiger partial charge in [-0.3, -0.25) is 4.98 Å². The molecule has 0 radical (unpaired) electrons. The fourth-order valence-corrected chi connectivity index (χ4v) is 1.67. The van der Waals surface area contributed by atoms with Gasteiger partial charge in [-0.25, -0.2) is 8.78 Å². The summed E-state index contributed by atoms with van der Waals surface area (Å²) in [5, 5.41) is 8.46. The van der Waals surface area contributed by atoms with E-state index in [1.54, 1.807) is 0 Å². The van der Waals surface area contributed by atoms with Crippen LogP contribution in [0.3, 0.4) is 0 Å². The molecule has 1 aromatic rings. The summed E-state index contributed by atoms with van der Waals surface area (Å²) >= 11 is 3.02. The smallest absolute Gasteiger partial charge is 0.265 e. The van der Waals surface area contributed by atoms with Crippen LogP contribution in [0.4, 0.5) is 8.78 Å². The van der Waals surface area contributed by atoms with Gasteiger partial charge in [0.2, 0.25) is 0 Å². The highest BCUT2D eigenvalue weighted by atomic mass is 79.9. The molecule has 0 saturated carbocycles. The lowest BCUT2D eigenvalue weighted by molar-refractivity contribution is 0.150. The Morgan fingerprint density at radius 3 is 2.73 bits per heavy atom. The first-order valence-corrected chi connectivity index (χ1v) is 4.92. The van der Waals surface area contributed by atoms with E-state index in [0.717, 1.165) is 0 Å². The second-order valence-electron chi connectivity index (χ2n) is 2.80. The molecule has 3 nitrogen and oxygen atoms in total. The van der Waals surface area contributed by atoms with Crippen LogP contribution in [-0.4, -0.2) is 4.98 Å². The Morgan fingerprint density at radius 1 is 1.60 bits per heavy atom. The Bertz CT molecular complexity index is 401. The number of nitriles is 1. The lowest BCUT2D eigenvalue weighted by Crippen LogP contribution is -2.06. The Hall–Kier alpha value is -1.06. The normalized spacial score (nSPS) is 10.4. The van der Waals surface area contributed by atoms with E-state index in [-0.39, 0.29) is 23.0 Å². The van der Waals surface area contributed by atoms with Gasteiger partial charge >= 0.3 is 0 Å². The highest BCUT2D eigenvalue weighted by molar-refractivity contribution is 9.10. The predicted molar refractivity (Wildman–Crippen MR) is 54.1 cm³/mol. The second kappa shape index (κ2) is 5.14. The molecule has 0 aromatic carbocycles. The van der Waals surface area contributed by atoms with Crippen LogP contribution in [0.2, 0.25) is 0 Å². The van der Waals surface area contributed by atoms with Gasteiger partial charge in [0.1, 0.15) is 0 Å². The maximum Gasteiger partial charge on any atom is 0.265 e. The molecular weight excluding hydrogens is 268 g/mol. The summed E-state index contributed by atoms with van der Waals surface area (Å²) in [7, 11) is 0. The minimum atomic E-state index is -2.61. The van der Waals surface area contributed by atoms with E-state index in [1.165, 1.54) is 6.07 Å². The zero-order chi connectivity index (χ0) is 11.4. The number of halogens is 3. The van der Waals surface area contributed by atoms with Gasteiger partial charge in [0.05, 0.1) is 23.9 Å². The first-order chi connectivity index (χ1) is 7.10. The van der Waals surface area contributed by atoms with Gasteiger partial charge in [-0.05, 0) is 22.0 Å². The zero-order valence-corrected chi connectivity index (χ0v) is 9.26. The van der Waals surface area contributed by atoms with Crippen molar-refractivity contribution in [2.75, 3.05) is 0 Å². The molecule has 0 saturated heterocycles. The van der Waals surface area contributed by atoms with E-state index in [0.29, 0.717) is 11.4 Å². The molecule has 1 aromatic heterocycles. The van der Waals surface area contributed by atoms with Gasteiger partial charge < -0.3 is 5.73 Å². The van der Waals surface area contributed by atoms with Gasteiger partial charge in [0.15, 0.2) is 0 Å². The third kappa shape index (κ3) is 2.70. The summed E-state index contributed by atoms with van der Waals surface area (Å²) in [5.41, 5.74) is 5.86. The number of hydrogen-bond acceptors (Lipinski definition) is 3. The number of nitrogens with zero attached hydrogens (tertiary/aromatic N) is 2. The maximum absolute atomic E-state index is 12.6. The van der Waals surface area contributed by atoms with Crippen LogP contribution in [0.15, 0.2) is 10.5 Å². The molecule has 1 rings (SSSR count). The summed E-state index contributed by atoms with van der Waals surface area (Å²) < 4.78 is 25.4. The standard InChI is InChI=1S/C9H8BrF2N3/c10-8-6(9(11)12)3-5(1-2-13)15-7(8)4-14/h3,9H,1,4,14H2. The summed E-state index contributed by atoms with van der Waals surface area (Å²) in [6.45, 7) is 0.0551. The van der Waals surface area contributed by atoms with Crippen molar-refractivity contribution in [1.29, 1.82) is 5.26 Å². The summed E-state index contributed by atoms with van der Waals surface area (Å²) in [6, 6.07) is 3.08. The Kier molecular flexibility index (Phi) is 4.12. The SMILES string of the molecule is N#CCc1cc(C(F)F)c(Br)c(CN)n1. The van der Waals surface area contributed by atoms with Crippen molar-refractivity contribution < 1.29 is 8.78 Å². The number of rotatable bonds is 3. The van der Waals surface area contributed by atoms with Crippen molar-refractivity contribution >= 4 is 15.9 Å². The lowest BCUT2D eigenvalue weighted by Gasteiger charge is -2.09. The molecule has 0 amide bonds. The van der Waals surface area contributed by atoms with Crippen LogP contribution < -0.4 is 5.73 Å². The van der Waals surface area contributed by atoms with E-state index < -0.39 is 6.43 Å². The van der Waals surface area contributed by atoms with E-state index in [1.807, 2.05) is 6.07 Å². The summed E-state index contributed by atoms with van der Waals surface area (Å²) in [4.78, 5) is 4.00. The monoisotopic (exact) mass is 275 g/mol. The van der Waals surface area contributed by atoms with Gasteiger partial charge in [0.25, 0.3) is 6.43 Å². The number of aromatic nitrogens is 1. The predicted octanol–water partition coefficient (Wildman–Crippen LogP) is 2.31. The van der Waals surface area contributed by atoms with Crippen LogP contribution >= 0.6 is 15.9 Å². The largest absolute Gasteiger partial charge is 0.325 e. The molecule has 80 valence electrons. The van der Waals surface area contributed by atoms with Crippen LogP contribution in [0, 0.1) is 11.3 Å². The zero-order valence-electron chi connectivity index (χ0n) is 7.67. The van der Waals surface area contributed by atoms with Crippen LogP contribution in [0.25, 0.3) is 0 Å². The molecule has 0 aliphatic rings. The number of nitrogens with two attached hydrogens (primary N) is 1. The van der Waals surface area contributed by atoms with Gasteiger partial charge in [-0.1, -0.05) is 0 Å². The van der Waals surface area contributed by atoms with Gasteiger partial charge in [-0.15, -0.1) is 0 Å². The average Bonchev–Trinajstić information content (AvgIpc) is 2.20. The molecule has 0 aliphatic carbocycles. The van der Waals surface area contributed by atoms with Crippen molar-refractivity contribution in [1.82, 2.24) is 4.98 Å². The molecule has 6 heteroatoms. The molecule has 1 heterocycles. The van der Waals surface area contributed by atoms with Crippen molar-refractivity contribution in [3.8, 4) is 6.07 Å². The Balaban J connectivity index is 3.26. The average molecular weight is 276 g/mol. The first-order valence-electron chi connectivity index (χ1n) is 4.13. The minimum absolute atomic E-state index is 0.000000000000000222. The molecule has 0 spiro atoms. The quantitative estimate of drug-likeness (QED) is 0.921. The second-order valence-corrected chi connectivity index (χ2v) is 3.60. The number of pyridine rings is 1. The van der Waals surface area contributed by atoms with Crippen LogP contribution in [0.5, 0.6) is 0 Å². The maximum atomic E-state index is 12.6. The topological polar surface area (TPSA) is 62.7 Å². The molecule has 2 N–H and O–H groups in total. The van der Waals surface area contributed by atoms with E-state index >= 15 is 0 Å². The van der Waals surface area contributed by atoms with Crippen molar-refractivity contribution in [2.45, 2.75) is 19.4 Å². The van der Waals surface area contributed by atoms with Crippen molar-refractivity contribution in [3.63, 3.8) is 0 Å².